The highest BCUT2D eigenvalue weighted by atomic mass is 16.5. The highest BCUT2D eigenvalue weighted by Crippen LogP contribution is 2.12. The molecule has 0 fully saturated rings. The van der Waals surface area contributed by atoms with Crippen molar-refractivity contribution in [1.82, 2.24) is 4.90 Å². The second-order valence-electron chi connectivity index (χ2n) is 4.72. The largest absolute Gasteiger partial charge is 0.472 e. The summed E-state index contributed by atoms with van der Waals surface area (Å²) in [5, 5.41) is 0. The number of carbonyl (C=O) groups excluding carboxylic acids is 1. The van der Waals surface area contributed by atoms with Crippen molar-refractivity contribution in [3.05, 3.63) is 59.5 Å². The predicted octanol–water partition coefficient (Wildman–Crippen LogP) is 2.88. The van der Waals surface area contributed by atoms with Gasteiger partial charge in [-0.1, -0.05) is 17.7 Å². The summed E-state index contributed by atoms with van der Waals surface area (Å²) in [6.07, 6.45) is 3.27. The quantitative estimate of drug-likeness (QED) is 0.812. The van der Waals surface area contributed by atoms with E-state index in [0.717, 1.165) is 11.1 Å². The van der Waals surface area contributed by atoms with E-state index in [1.165, 1.54) is 0 Å². The second kappa shape index (κ2) is 6.91. The van der Waals surface area contributed by atoms with Crippen LogP contribution in [0, 0.1) is 6.92 Å². The summed E-state index contributed by atoms with van der Waals surface area (Å²) in [7, 11) is 1.63. The molecule has 0 saturated heterocycles. The number of benzene rings is 1. The number of rotatable bonds is 6. The fourth-order valence-electron chi connectivity index (χ4n) is 2.02. The highest BCUT2D eigenvalue weighted by Gasteiger charge is 2.16. The first-order valence-electron chi connectivity index (χ1n) is 6.56. The van der Waals surface area contributed by atoms with E-state index in [2.05, 4.69) is 0 Å². The maximum atomic E-state index is 12.6. The van der Waals surface area contributed by atoms with E-state index in [9.17, 15) is 4.79 Å². The smallest absolute Gasteiger partial charge is 0.254 e. The number of hydrogen-bond donors (Lipinski definition) is 0. The third-order valence-corrected chi connectivity index (χ3v) is 3.07. The van der Waals surface area contributed by atoms with Crippen LogP contribution < -0.4 is 0 Å². The van der Waals surface area contributed by atoms with E-state index in [-0.39, 0.29) is 5.91 Å². The van der Waals surface area contributed by atoms with E-state index in [4.69, 9.17) is 9.15 Å². The Balaban J connectivity index is 2.14. The van der Waals surface area contributed by atoms with Crippen molar-refractivity contribution in [2.24, 2.45) is 0 Å². The zero-order valence-electron chi connectivity index (χ0n) is 11.8. The molecule has 1 heterocycles. The monoisotopic (exact) mass is 273 g/mol. The van der Waals surface area contributed by atoms with Crippen LogP contribution in [0.1, 0.15) is 21.5 Å². The maximum Gasteiger partial charge on any atom is 0.254 e. The molecule has 4 nitrogen and oxygen atoms in total. The van der Waals surface area contributed by atoms with Crippen LogP contribution in [-0.4, -0.2) is 31.1 Å². The summed E-state index contributed by atoms with van der Waals surface area (Å²) in [4.78, 5) is 14.3. The van der Waals surface area contributed by atoms with E-state index in [1.807, 2.05) is 37.3 Å². The number of ether oxygens (including phenoxy) is 1. The molecule has 0 N–H and O–H groups in total. The van der Waals surface area contributed by atoms with E-state index < -0.39 is 0 Å². The molecule has 2 rings (SSSR count). The zero-order valence-corrected chi connectivity index (χ0v) is 11.8. The normalized spacial score (nSPS) is 10.5. The summed E-state index contributed by atoms with van der Waals surface area (Å²) < 4.78 is 10.1. The SMILES string of the molecule is COCCN(Cc1ccoc1)C(=O)c1cccc(C)c1. The number of methoxy groups -OCH3 is 1. The van der Waals surface area contributed by atoms with Crippen LogP contribution in [0.25, 0.3) is 0 Å². The Bertz CT molecular complexity index is 549. The summed E-state index contributed by atoms with van der Waals surface area (Å²) >= 11 is 0. The van der Waals surface area contributed by atoms with Gasteiger partial charge in [-0.2, -0.15) is 0 Å². The number of carbonyl (C=O) groups is 1. The Hall–Kier alpha value is -2.07. The molecule has 1 amide bonds. The van der Waals surface area contributed by atoms with Gasteiger partial charge in [-0.15, -0.1) is 0 Å². The summed E-state index contributed by atoms with van der Waals surface area (Å²) in [6.45, 7) is 3.56. The van der Waals surface area contributed by atoms with Crippen molar-refractivity contribution < 1.29 is 13.9 Å². The summed E-state index contributed by atoms with van der Waals surface area (Å²) in [5.41, 5.74) is 2.75. The average Bonchev–Trinajstić information content (AvgIpc) is 2.95. The van der Waals surface area contributed by atoms with Gasteiger partial charge in [0.1, 0.15) is 0 Å². The first-order valence-corrected chi connectivity index (χ1v) is 6.56. The minimum Gasteiger partial charge on any atom is -0.472 e. The Morgan fingerprint density at radius 1 is 1.35 bits per heavy atom. The molecule has 1 aromatic carbocycles. The molecule has 0 aliphatic heterocycles. The second-order valence-corrected chi connectivity index (χ2v) is 4.72. The molecule has 106 valence electrons. The molecule has 1 aromatic heterocycles. The number of aryl methyl sites for hydroxylation is 1. The van der Waals surface area contributed by atoms with Gasteiger partial charge < -0.3 is 14.1 Å². The van der Waals surface area contributed by atoms with Gasteiger partial charge >= 0.3 is 0 Å². The molecule has 2 aromatic rings. The van der Waals surface area contributed by atoms with E-state index in [0.29, 0.717) is 25.3 Å². The molecule has 0 aliphatic carbocycles. The molecule has 20 heavy (non-hydrogen) atoms. The minimum absolute atomic E-state index is 0.00644. The Labute approximate surface area is 119 Å². The topological polar surface area (TPSA) is 42.7 Å². The molecule has 0 saturated carbocycles. The average molecular weight is 273 g/mol. The number of hydrogen-bond acceptors (Lipinski definition) is 3. The van der Waals surface area contributed by atoms with Gasteiger partial charge in [0.25, 0.3) is 5.91 Å². The lowest BCUT2D eigenvalue weighted by atomic mass is 10.1. The standard InChI is InChI=1S/C16H19NO3/c1-13-4-3-5-15(10-13)16(18)17(7-9-19-2)11-14-6-8-20-12-14/h3-6,8,10,12H,7,9,11H2,1-2H3. The van der Waals surface area contributed by atoms with Crippen molar-refractivity contribution in [2.45, 2.75) is 13.5 Å². The first-order chi connectivity index (χ1) is 9.70. The van der Waals surface area contributed by atoms with Gasteiger partial charge in [0, 0.05) is 31.3 Å². The fraction of sp³-hybridized carbons (Fsp3) is 0.312. The molecule has 0 bridgehead atoms. The van der Waals surface area contributed by atoms with Crippen LogP contribution in [0.4, 0.5) is 0 Å². The van der Waals surface area contributed by atoms with Crippen molar-refractivity contribution in [3.63, 3.8) is 0 Å². The van der Waals surface area contributed by atoms with Crippen LogP contribution in [0.5, 0.6) is 0 Å². The van der Waals surface area contributed by atoms with Crippen LogP contribution in [0.15, 0.2) is 47.3 Å². The van der Waals surface area contributed by atoms with Crippen molar-refractivity contribution in [2.75, 3.05) is 20.3 Å². The lowest BCUT2D eigenvalue weighted by Crippen LogP contribution is -2.33. The molecule has 0 atom stereocenters. The molecular formula is C16H19NO3. The lowest BCUT2D eigenvalue weighted by Gasteiger charge is -2.22. The van der Waals surface area contributed by atoms with Gasteiger partial charge in [-0.25, -0.2) is 0 Å². The Kier molecular flexibility index (Phi) is 4.96. The van der Waals surface area contributed by atoms with Gasteiger partial charge in [-0.3, -0.25) is 4.79 Å². The maximum absolute atomic E-state index is 12.6. The fourth-order valence-corrected chi connectivity index (χ4v) is 2.02. The Morgan fingerprint density at radius 2 is 2.20 bits per heavy atom. The molecule has 4 heteroatoms. The predicted molar refractivity (Wildman–Crippen MR) is 76.5 cm³/mol. The number of amides is 1. The molecule has 0 spiro atoms. The van der Waals surface area contributed by atoms with Crippen molar-refractivity contribution in [3.8, 4) is 0 Å². The highest BCUT2D eigenvalue weighted by molar-refractivity contribution is 5.94. The van der Waals surface area contributed by atoms with Crippen molar-refractivity contribution in [1.29, 1.82) is 0 Å². The molecule has 0 aliphatic rings. The Morgan fingerprint density at radius 3 is 2.85 bits per heavy atom. The van der Waals surface area contributed by atoms with Gasteiger partial charge in [0.15, 0.2) is 0 Å². The van der Waals surface area contributed by atoms with Crippen molar-refractivity contribution >= 4 is 5.91 Å². The minimum atomic E-state index is 0.00644. The van der Waals surface area contributed by atoms with Crippen LogP contribution >= 0.6 is 0 Å². The summed E-state index contributed by atoms with van der Waals surface area (Å²) in [6, 6.07) is 9.48. The van der Waals surface area contributed by atoms with Crippen LogP contribution in [0.2, 0.25) is 0 Å². The molecule has 0 radical (unpaired) electrons. The van der Waals surface area contributed by atoms with E-state index in [1.54, 1.807) is 24.5 Å². The molecule has 0 unspecified atom stereocenters. The summed E-state index contributed by atoms with van der Waals surface area (Å²) in [5.74, 6) is 0.00644. The number of nitrogens with zero attached hydrogens (tertiary/aromatic N) is 1. The van der Waals surface area contributed by atoms with Gasteiger partial charge in [0.05, 0.1) is 19.1 Å². The zero-order chi connectivity index (χ0) is 14.4. The van der Waals surface area contributed by atoms with Gasteiger partial charge in [0.2, 0.25) is 0 Å². The molecular weight excluding hydrogens is 254 g/mol. The third kappa shape index (κ3) is 3.71. The van der Waals surface area contributed by atoms with Gasteiger partial charge in [-0.05, 0) is 25.1 Å². The van der Waals surface area contributed by atoms with Crippen LogP contribution in [-0.2, 0) is 11.3 Å². The number of furan rings is 1. The first kappa shape index (κ1) is 14.3. The van der Waals surface area contributed by atoms with Crippen LogP contribution in [0.3, 0.4) is 0 Å². The van der Waals surface area contributed by atoms with E-state index >= 15 is 0 Å². The third-order valence-electron chi connectivity index (χ3n) is 3.07. The lowest BCUT2D eigenvalue weighted by molar-refractivity contribution is 0.0680.